The number of carbonyl (C=O) groups excluding carboxylic acids is 2. The zero-order valence-electron chi connectivity index (χ0n) is 14.4. The zero-order chi connectivity index (χ0) is 18.8. The molecule has 0 unspecified atom stereocenters. The molecule has 0 saturated carbocycles. The van der Waals surface area contributed by atoms with E-state index in [1.54, 1.807) is 49.6 Å². The normalized spacial score (nSPS) is 10.1. The van der Waals surface area contributed by atoms with Crippen molar-refractivity contribution in [2.45, 2.75) is 13.0 Å². The predicted molar refractivity (Wildman–Crippen MR) is 92.3 cm³/mol. The molecule has 0 saturated heterocycles. The Balaban J connectivity index is 1.61. The molecule has 1 N–H and O–H groups in total. The molecule has 0 aliphatic heterocycles. The largest absolute Gasteiger partial charge is 0.497 e. The summed E-state index contributed by atoms with van der Waals surface area (Å²) in [7, 11) is 1.57. The summed E-state index contributed by atoms with van der Waals surface area (Å²) >= 11 is 0. The quantitative estimate of drug-likeness (QED) is 0.695. The van der Waals surface area contributed by atoms with Crippen LogP contribution in [-0.4, -0.2) is 32.2 Å². The average molecular weight is 361 g/mol. The molecule has 6 nitrogen and oxygen atoms in total. The van der Waals surface area contributed by atoms with Gasteiger partial charge in [0, 0.05) is 12.1 Å². The third-order valence-electron chi connectivity index (χ3n) is 3.43. The van der Waals surface area contributed by atoms with E-state index in [1.165, 1.54) is 6.07 Å². The van der Waals surface area contributed by atoms with Gasteiger partial charge in [0.05, 0.1) is 20.1 Å². The number of amides is 1. The van der Waals surface area contributed by atoms with Crippen LogP contribution in [0.25, 0.3) is 0 Å². The van der Waals surface area contributed by atoms with E-state index in [2.05, 4.69) is 5.32 Å². The summed E-state index contributed by atoms with van der Waals surface area (Å²) in [5.41, 5.74) is 0.361. The molecule has 0 atom stereocenters. The Kier molecular flexibility index (Phi) is 7.42. The van der Waals surface area contributed by atoms with E-state index in [-0.39, 0.29) is 19.6 Å². The molecule has 0 spiro atoms. The van der Waals surface area contributed by atoms with Crippen molar-refractivity contribution in [3.8, 4) is 11.5 Å². The lowest BCUT2D eigenvalue weighted by Crippen LogP contribution is -2.28. The highest BCUT2D eigenvalue weighted by molar-refractivity contribution is 5.80. The first-order valence-corrected chi connectivity index (χ1v) is 8.01. The average Bonchev–Trinajstić information content (AvgIpc) is 2.66. The summed E-state index contributed by atoms with van der Waals surface area (Å²) in [4.78, 5) is 23.2. The summed E-state index contributed by atoms with van der Waals surface area (Å²) in [5.74, 6) is -0.155. The molecule has 0 aliphatic rings. The summed E-state index contributed by atoms with van der Waals surface area (Å²) in [6.07, 6.45) is 0.00657. The molecule has 0 radical (unpaired) electrons. The van der Waals surface area contributed by atoms with Gasteiger partial charge in [0.15, 0.2) is 6.61 Å². The minimum Gasteiger partial charge on any atom is -0.497 e. The SMILES string of the molecule is COc1ccc(OCCC(=O)OCC(=O)NCc2ccccc2F)cc1. The van der Waals surface area contributed by atoms with Crippen LogP contribution >= 0.6 is 0 Å². The molecule has 2 aromatic rings. The highest BCUT2D eigenvalue weighted by Gasteiger charge is 2.09. The highest BCUT2D eigenvalue weighted by atomic mass is 19.1. The number of ether oxygens (including phenoxy) is 3. The fourth-order valence-electron chi connectivity index (χ4n) is 2.03. The van der Waals surface area contributed by atoms with Crippen LogP contribution < -0.4 is 14.8 Å². The van der Waals surface area contributed by atoms with Gasteiger partial charge >= 0.3 is 5.97 Å². The maximum atomic E-state index is 13.4. The van der Waals surface area contributed by atoms with Crippen molar-refractivity contribution in [1.82, 2.24) is 5.32 Å². The summed E-state index contributed by atoms with van der Waals surface area (Å²) in [6, 6.07) is 13.0. The number of esters is 1. The molecule has 0 aliphatic carbocycles. The van der Waals surface area contributed by atoms with Crippen molar-refractivity contribution in [2.75, 3.05) is 20.3 Å². The molecule has 0 aromatic heterocycles. The smallest absolute Gasteiger partial charge is 0.309 e. The lowest BCUT2D eigenvalue weighted by Gasteiger charge is -2.08. The number of nitrogens with one attached hydrogen (secondary N) is 1. The molecule has 2 aromatic carbocycles. The first kappa shape index (κ1) is 19.2. The lowest BCUT2D eigenvalue weighted by atomic mass is 10.2. The topological polar surface area (TPSA) is 73.9 Å². The molecule has 138 valence electrons. The molecule has 2 rings (SSSR count). The van der Waals surface area contributed by atoms with Gasteiger partial charge in [-0.25, -0.2) is 4.39 Å². The van der Waals surface area contributed by atoms with Gasteiger partial charge in [-0.1, -0.05) is 18.2 Å². The van der Waals surface area contributed by atoms with Gasteiger partial charge in [0.1, 0.15) is 17.3 Å². The number of methoxy groups -OCH3 is 1. The number of hydrogen-bond acceptors (Lipinski definition) is 5. The molecule has 0 heterocycles. The second-order valence-corrected chi connectivity index (χ2v) is 5.30. The van der Waals surface area contributed by atoms with Crippen molar-refractivity contribution < 1.29 is 28.2 Å². The summed E-state index contributed by atoms with van der Waals surface area (Å²) < 4.78 is 28.7. The van der Waals surface area contributed by atoms with E-state index in [9.17, 15) is 14.0 Å². The van der Waals surface area contributed by atoms with Crippen LogP contribution in [0.1, 0.15) is 12.0 Å². The van der Waals surface area contributed by atoms with Gasteiger partial charge < -0.3 is 19.5 Å². The molecule has 26 heavy (non-hydrogen) atoms. The summed E-state index contributed by atoms with van der Waals surface area (Å²) in [5, 5.41) is 2.49. The van der Waals surface area contributed by atoms with Gasteiger partial charge in [0.2, 0.25) is 0 Å². The lowest BCUT2D eigenvalue weighted by molar-refractivity contribution is -0.149. The maximum absolute atomic E-state index is 13.4. The summed E-state index contributed by atoms with van der Waals surface area (Å²) in [6.45, 7) is -0.262. The Morgan fingerprint density at radius 3 is 2.42 bits per heavy atom. The minimum atomic E-state index is -0.556. The Hall–Kier alpha value is -3.09. The van der Waals surface area contributed by atoms with Crippen LogP contribution in [0.2, 0.25) is 0 Å². The first-order valence-electron chi connectivity index (χ1n) is 8.01. The van der Waals surface area contributed by atoms with Crippen LogP contribution in [0.15, 0.2) is 48.5 Å². The Labute approximate surface area is 150 Å². The second kappa shape index (κ2) is 10.0. The van der Waals surface area contributed by atoms with Crippen LogP contribution in [-0.2, 0) is 20.9 Å². The van der Waals surface area contributed by atoms with E-state index in [0.29, 0.717) is 17.1 Å². The minimum absolute atomic E-state index is 0.00657. The first-order chi connectivity index (χ1) is 12.6. The van der Waals surface area contributed by atoms with Crippen molar-refractivity contribution in [2.24, 2.45) is 0 Å². The fourth-order valence-corrected chi connectivity index (χ4v) is 2.03. The molecule has 0 bridgehead atoms. The second-order valence-electron chi connectivity index (χ2n) is 5.30. The third-order valence-corrected chi connectivity index (χ3v) is 3.43. The van der Waals surface area contributed by atoms with Gasteiger partial charge in [-0.3, -0.25) is 9.59 Å². The molecule has 1 amide bonds. The van der Waals surface area contributed by atoms with Crippen molar-refractivity contribution in [3.05, 3.63) is 59.9 Å². The van der Waals surface area contributed by atoms with Crippen molar-refractivity contribution in [1.29, 1.82) is 0 Å². The van der Waals surface area contributed by atoms with E-state index in [0.717, 1.165) is 0 Å². The number of carbonyl (C=O) groups is 2. The van der Waals surface area contributed by atoms with E-state index < -0.39 is 24.3 Å². The van der Waals surface area contributed by atoms with Gasteiger partial charge in [-0.05, 0) is 30.3 Å². The van der Waals surface area contributed by atoms with Crippen LogP contribution in [0, 0.1) is 5.82 Å². The molecule has 7 heteroatoms. The van der Waals surface area contributed by atoms with Crippen LogP contribution in [0.3, 0.4) is 0 Å². The Bertz CT molecular complexity index is 733. The van der Waals surface area contributed by atoms with E-state index in [1.807, 2.05) is 0 Å². The van der Waals surface area contributed by atoms with Crippen LogP contribution in [0.4, 0.5) is 4.39 Å². The number of hydrogen-bond donors (Lipinski definition) is 1. The monoisotopic (exact) mass is 361 g/mol. The number of halogens is 1. The van der Waals surface area contributed by atoms with E-state index >= 15 is 0 Å². The van der Waals surface area contributed by atoms with Gasteiger partial charge in [-0.2, -0.15) is 0 Å². The van der Waals surface area contributed by atoms with Crippen molar-refractivity contribution >= 4 is 11.9 Å². The maximum Gasteiger partial charge on any atom is 0.309 e. The van der Waals surface area contributed by atoms with E-state index in [4.69, 9.17) is 14.2 Å². The standard InChI is InChI=1S/C19H20FNO5/c1-24-15-6-8-16(9-7-15)25-11-10-19(23)26-13-18(22)21-12-14-4-2-3-5-17(14)20/h2-9H,10-13H2,1H3,(H,21,22). The Morgan fingerprint density at radius 2 is 1.73 bits per heavy atom. The zero-order valence-corrected chi connectivity index (χ0v) is 14.4. The highest BCUT2D eigenvalue weighted by Crippen LogP contribution is 2.17. The van der Waals surface area contributed by atoms with Crippen LogP contribution in [0.5, 0.6) is 11.5 Å². The number of benzene rings is 2. The predicted octanol–water partition coefficient (Wildman–Crippen LogP) is 2.46. The number of rotatable bonds is 9. The van der Waals surface area contributed by atoms with Gasteiger partial charge in [-0.15, -0.1) is 0 Å². The molecule has 0 fully saturated rings. The third kappa shape index (κ3) is 6.43. The molecular formula is C19H20FNO5. The molecular weight excluding hydrogens is 341 g/mol. The van der Waals surface area contributed by atoms with Gasteiger partial charge in [0.25, 0.3) is 5.91 Å². The fraction of sp³-hybridized carbons (Fsp3) is 0.263. The van der Waals surface area contributed by atoms with Crippen molar-refractivity contribution in [3.63, 3.8) is 0 Å². The Morgan fingerprint density at radius 1 is 1.04 bits per heavy atom.